The lowest BCUT2D eigenvalue weighted by Crippen LogP contribution is -2.31. The average Bonchev–Trinajstić information content (AvgIpc) is 2.90. The summed E-state index contributed by atoms with van der Waals surface area (Å²) < 4.78 is 7.23. The van der Waals surface area contributed by atoms with Crippen molar-refractivity contribution < 1.29 is 4.74 Å². The molecule has 2 N–H and O–H groups in total. The summed E-state index contributed by atoms with van der Waals surface area (Å²) in [5.41, 5.74) is 6.19. The molecule has 1 heterocycles. The molecule has 2 unspecified atom stereocenters. The van der Waals surface area contributed by atoms with Crippen LogP contribution in [0.1, 0.15) is 24.3 Å². The Kier molecular flexibility index (Phi) is 5.03. The Morgan fingerprint density at radius 1 is 1.28 bits per heavy atom. The van der Waals surface area contributed by atoms with Gasteiger partial charge < -0.3 is 10.5 Å². The predicted molar refractivity (Wildman–Crippen MR) is 85.1 cm³/mol. The van der Waals surface area contributed by atoms with Gasteiger partial charge in [0.1, 0.15) is 11.9 Å². The predicted octanol–water partition coefficient (Wildman–Crippen LogP) is 4.21. The van der Waals surface area contributed by atoms with Gasteiger partial charge in [0.2, 0.25) is 0 Å². The summed E-state index contributed by atoms with van der Waals surface area (Å²) in [7, 11) is 0. The third-order valence-corrected chi connectivity index (χ3v) is 4.60. The summed E-state index contributed by atoms with van der Waals surface area (Å²) in [5, 5.41) is 2.06. The van der Waals surface area contributed by atoms with Crippen molar-refractivity contribution in [2.24, 2.45) is 5.73 Å². The first-order valence-electron chi connectivity index (χ1n) is 5.92. The van der Waals surface area contributed by atoms with Crippen LogP contribution in [0, 0.1) is 3.57 Å². The smallest absolute Gasteiger partial charge is 0.148 e. The van der Waals surface area contributed by atoms with Crippen molar-refractivity contribution in [3.8, 4) is 5.75 Å². The zero-order chi connectivity index (χ0) is 13.0. The van der Waals surface area contributed by atoms with Crippen LogP contribution in [0.5, 0.6) is 5.75 Å². The number of hydrogen-bond donors (Lipinski definition) is 1. The van der Waals surface area contributed by atoms with Gasteiger partial charge in [-0.15, -0.1) is 11.3 Å². The van der Waals surface area contributed by atoms with Crippen molar-refractivity contribution in [2.75, 3.05) is 0 Å². The molecule has 0 radical (unpaired) electrons. The number of nitrogens with two attached hydrogens (primary N) is 1. The molecular weight excluding hydrogens is 357 g/mol. The van der Waals surface area contributed by atoms with E-state index >= 15 is 0 Å². The molecule has 0 saturated carbocycles. The Hall–Kier alpha value is -0.590. The first kappa shape index (κ1) is 13.8. The Morgan fingerprint density at radius 2 is 2.06 bits per heavy atom. The van der Waals surface area contributed by atoms with Gasteiger partial charge in [-0.05, 0) is 52.6 Å². The molecule has 2 rings (SSSR count). The van der Waals surface area contributed by atoms with Crippen molar-refractivity contribution in [2.45, 2.75) is 25.5 Å². The van der Waals surface area contributed by atoms with E-state index in [1.165, 1.54) is 4.88 Å². The molecule has 0 aliphatic carbocycles. The van der Waals surface area contributed by atoms with E-state index in [1.54, 1.807) is 11.3 Å². The monoisotopic (exact) mass is 373 g/mol. The highest BCUT2D eigenvalue weighted by atomic mass is 127. The van der Waals surface area contributed by atoms with Crippen LogP contribution >= 0.6 is 33.9 Å². The highest BCUT2D eigenvalue weighted by Crippen LogP contribution is 2.30. The van der Waals surface area contributed by atoms with Crippen molar-refractivity contribution in [1.29, 1.82) is 0 Å². The fourth-order valence-corrected chi connectivity index (χ4v) is 3.04. The van der Waals surface area contributed by atoms with E-state index in [-0.39, 0.29) is 12.1 Å². The molecule has 0 bridgehead atoms. The van der Waals surface area contributed by atoms with Gasteiger partial charge >= 0.3 is 0 Å². The third-order valence-electron chi connectivity index (χ3n) is 2.77. The fourth-order valence-electron chi connectivity index (χ4n) is 1.70. The van der Waals surface area contributed by atoms with E-state index in [9.17, 15) is 0 Å². The van der Waals surface area contributed by atoms with Crippen molar-refractivity contribution in [3.63, 3.8) is 0 Å². The van der Waals surface area contributed by atoms with Crippen molar-refractivity contribution in [3.05, 3.63) is 50.2 Å². The molecule has 2 aromatic rings. The number of ether oxygens (including phenoxy) is 1. The molecule has 2 atom stereocenters. The van der Waals surface area contributed by atoms with E-state index in [0.29, 0.717) is 0 Å². The van der Waals surface area contributed by atoms with Gasteiger partial charge in [0.25, 0.3) is 0 Å². The van der Waals surface area contributed by atoms with Crippen molar-refractivity contribution >= 4 is 33.9 Å². The normalized spacial score (nSPS) is 14.2. The first-order chi connectivity index (χ1) is 8.72. The lowest BCUT2D eigenvalue weighted by atomic mass is 10.1. The summed E-state index contributed by atoms with van der Waals surface area (Å²) >= 11 is 3.98. The van der Waals surface area contributed by atoms with Crippen LogP contribution < -0.4 is 10.5 Å². The average molecular weight is 373 g/mol. The summed E-state index contributed by atoms with van der Waals surface area (Å²) in [6, 6.07) is 12.2. The van der Waals surface area contributed by atoms with Crippen LogP contribution in [0.4, 0.5) is 0 Å². The lowest BCUT2D eigenvalue weighted by molar-refractivity contribution is 0.173. The number of para-hydroxylation sites is 1. The van der Waals surface area contributed by atoms with E-state index < -0.39 is 0 Å². The third kappa shape index (κ3) is 3.24. The maximum atomic E-state index is 6.19. The Morgan fingerprint density at radius 3 is 2.67 bits per heavy atom. The van der Waals surface area contributed by atoms with E-state index in [4.69, 9.17) is 10.5 Å². The largest absolute Gasteiger partial charge is 0.482 e. The highest BCUT2D eigenvalue weighted by molar-refractivity contribution is 14.1. The second-order valence-corrected chi connectivity index (χ2v) is 6.20. The number of halogens is 1. The quantitative estimate of drug-likeness (QED) is 0.797. The van der Waals surface area contributed by atoms with Crippen molar-refractivity contribution in [1.82, 2.24) is 0 Å². The van der Waals surface area contributed by atoms with Crippen LogP contribution in [0.25, 0.3) is 0 Å². The van der Waals surface area contributed by atoms with E-state index in [2.05, 4.69) is 41.0 Å². The molecule has 0 saturated heterocycles. The van der Waals surface area contributed by atoms with Crippen LogP contribution in [-0.2, 0) is 0 Å². The molecule has 18 heavy (non-hydrogen) atoms. The Balaban J connectivity index is 2.24. The maximum Gasteiger partial charge on any atom is 0.148 e. The SMILES string of the molecule is CCC(N)C(Oc1ccccc1I)c1cccs1. The van der Waals surface area contributed by atoms with Crippen LogP contribution in [0.2, 0.25) is 0 Å². The zero-order valence-electron chi connectivity index (χ0n) is 10.2. The summed E-state index contributed by atoms with van der Waals surface area (Å²) in [6.07, 6.45) is 0.831. The number of benzene rings is 1. The van der Waals surface area contributed by atoms with Gasteiger partial charge in [-0.25, -0.2) is 0 Å². The molecule has 0 aliphatic heterocycles. The van der Waals surface area contributed by atoms with Gasteiger partial charge in [-0.3, -0.25) is 0 Å². The number of rotatable bonds is 5. The van der Waals surface area contributed by atoms with Crippen LogP contribution in [0.15, 0.2) is 41.8 Å². The summed E-state index contributed by atoms with van der Waals surface area (Å²) in [6.45, 7) is 2.09. The topological polar surface area (TPSA) is 35.2 Å². The molecular formula is C14H16INOS. The second kappa shape index (κ2) is 6.54. The minimum Gasteiger partial charge on any atom is -0.482 e. The van der Waals surface area contributed by atoms with Crippen LogP contribution in [-0.4, -0.2) is 6.04 Å². The number of hydrogen-bond acceptors (Lipinski definition) is 3. The van der Waals surface area contributed by atoms with E-state index in [1.807, 2.05) is 30.3 Å². The van der Waals surface area contributed by atoms with Gasteiger partial charge in [0.05, 0.1) is 3.57 Å². The van der Waals surface area contributed by atoms with Gasteiger partial charge in [0.15, 0.2) is 0 Å². The van der Waals surface area contributed by atoms with Gasteiger partial charge in [-0.2, -0.15) is 0 Å². The molecule has 2 nitrogen and oxygen atoms in total. The Labute approximate surface area is 125 Å². The molecule has 1 aromatic carbocycles. The lowest BCUT2D eigenvalue weighted by Gasteiger charge is -2.23. The summed E-state index contributed by atoms with van der Waals surface area (Å²) in [5.74, 6) is 0.903. The Bertz CT molecular complexity index is 486. The summed E-state index contributed by atoms with van der Waals surface area (Å²) in [4.78, 5) is 1.18. The maximum absolute atomic E-state index is 6.19. The first-order valence-corrected chi connectivity index (χ1v) is 7.88. The molecule has 0 amide bonds. The van der Waals surface area contributed by atoms with Crippen LogP contribution in [0.3, 0.4) is 0 Å². The molecule has 0 spiro atoms. The standard InChI is InChI=1S/C14H16INOS/c1-2-11(16)14(13-8-5-9-18-13)17-12-7-4-3-6-10(12)15/h3-9,11,14H,2,16H2,1H3. The minimum absolute atomic E-state index is 0.0136. The molecule has 96 valence electrons. The van der Waals surface area contributed by atoms with Gasteiger partial charge in [-0.1, -0.05) is 25.1 Å². The second-order valence-electron chi connectivity index (χ2n) is 4.06. The number of thiophene rings is 1. The highest BCUT2D eigenvalue weighted by Gasteiger charge is 2.22. The molecule has 1 aromatic heterocycles. The molecule has 0 fully saturated rings. The van der Waals surface area contributed by atoms with E-state index in [0.717, 1.165) is 15.7 Å². The minimum atomic E-state index is -0.0640. The zero-order valence-corrected chi connectivity index (χ0v) is 13.1. The van der Waals surface area contributed by atoms with Gasteiger partial charge in [0, 0.05) is 10.9 Å². The molecule has 0 aliphatic rings. The molecule has 4 heteroatoms. The fraction of sp³-hybridized carbons (Fsp3) is 0.286.